The molecule has 8 nitrogen and oxygen atoms in total. The molecule has 3 amide bonds. The molecule has 6 rings (SSSR count). The fourth-order valence-electron chi connectivity index (χ4n) is 6.10. The predicted octanol–water partition coefficient (Wildman–Crippen LogP) is 13.7. The molecule has 2 atom stereocenters. The molecular weight excluding hydrogens is 914 g/mol. The van der Waals surface area contributed by atoms with E-state index in [0.717, 1.165) is 33.5 Å². The van der Waals surface area contributed by atoms with Gasteiger partial charge in [0.15, 0.2) is 0 Å². The van der Waals surface area contributed by atoms with Crippen molar-refractivity contribution in [1.82, 2.24) is 5.43 Å². The van der Waals surface area contributed by atoms with Gasteiger partial charge < -0.3 is 10.6 Å². The van der Waals surface area contributed by atoms with Gasteiger partial charge in [0.1, 0.15) is 16.8 Å². The first-order chi connectivity index (χ1) is 27.1. The van der Waals surface area contributed by atoms with E-state index >= 15 is 0 Å². The average Bonchev–Trinajstić information content (AvgIpc) is 3.46. The van der Waals surface area contributed by atoms with E-state index in [1.807, 2.05) is 39.0 Å². The number of amides is 3. The zero-order valence-electron chi connectivity index (χ0n) is 29.9. The summed E-state index contributed by atoms with van der Waals surface area (Å²) < 4.78 is 0. The first kappa shape index (κ1) is 43.2. The number of hydrogen-bond donors (Lipinski definition) is 3. The van der Waals surface area contributed by atoms with Crippen LogP contribution in [0, 0.1) is 13.8 Å². The van der Waals surface area contributed by atoms with Crippen molar-refractivity contribution >= 4 is 151 Å². The Morgan fingerprint density at radius 2 is 1.44 bits per heavy atom. The molecule has 3 N–H and O–H groups in total. The van der Waals surface area contributed by atoms with Crippen molar-refractivity contribution in [3.63, 3.8) is 0 Å². The maximum absolute atomic E-state index is 14.5. The number of rotatable bonds is 10. The zero-order valence-corrected chi connectivity index (χ0v) is 36.8. The smallest absolute Gasteiger partial charge is 0.267 e. The molecule has 17 heteroatoms. The number of halogens is 8. The van der Waals surface area contributed by atoms with Gasteiger partial charge in [-0.25, -0.2) is 10.0 Å². The maximum atomic E-state index is 14.5. The van der Waals surface area contributed by atoms with Crippen molar-refractivity contribution < 1.29 is 14.4 Å². The Morgan fingerprint density at radius 1 is 0.789 bits per heavy atom. The highest BCUT2D eigenvalue weighted by Crippen LogP contribution is 2.49. The lowest BCUT2D eigenvalue weighted by molar-refractivity contribution is -0.118. The van der Waals surface area contributed by atoms with Crippen LogP contribution in [-0.2, 0) is 9.59 Å². The number of nitrogens with one attached hydrogen (secondary N) is 3. The molecule has 294 valence electrons. The molecule has 0 bridgehead atoms. The minimum Gasteiger partial charge on any atom is -0.325 e. The van der Waals surface area contributed by atoms with Crippen LogP contribution in [0.1, 0.15) is 46.3 Å². The lowest BCUT2D eigenvalue weighted by Gasteiger charge is -2.21. The van der Waals surface area contributed by atoms with E-state index in [9.17, 15) is 14.4 Å². The lowest BCUT2D eigenvalue weighted by Crippen LogP contribution is -2.36. The van der Waals surface area contributed by atoms with E-state index in [1.165, 1.54) is 12.1 Å². The number of aliphatic imine (C=N–C) groups is 1. The van der Waals surface area contributed by atoms with E-state index in [-0.39, 0.29) is 68.9 Å². The molecule has 0 spiro atoms. The highest BCUT2D eigenvalue weighted by Gasteiger charge is 2.42. The molecule has 1 heterocycles. The molecule has 0 aliphatic carbocycles. The van der Waals surface area contributed by atoms with E-state index in [1.54, 1.807) is 48.5 Å². The van der Waals surface area contributed by atoms with E-state index < -0.39 is 23.0 Å². The van der Waals surface area contributed by atoms with Crippen molar-refractivity contribution in [3.8, 4) is 0 Å². The monoisotopic (exact) mass is 939 g/mol. The summed E-state index contributed by atoms with van der Waals surface area (Å²) in [6, 6.07) is 22.4. The molecule has 2 unspecified atom stereocenters. The van der Waals surface area contributed by atoms with Gasteiger partial charge in [0, 0.05) is 10.6 Å². The minimum atomic E-state index is -1.11. The Bertz CT molecular complexity index is 2430. The predicted molar refractivity (Wildman–Crippen MR) is 239 cm³/mol. The van der Waals surface area contributed by atoms with Crippen molar-refractivity contribution in [2.75, 3.05) is 15.6 Å². The summed E-state index contributed by atoms with van der Waals surface area (Å²) in [7, 11) is 0. The summed E-state index contributed by atoms with van der Waals surface area (Å²) in [6.07, 6.45) is 0.557. The number of thioether (sulfide) groups is 1. The highest BCUT2D eigenvalue weighted by molar-refractivity contribution is 8.01. The standard InChI is InChI=1S/C40H29Cl8N5O3S/c1-4-21(22-14-12-18(2)16-19(22)3)38(54)51-26-10-5-6-11-28(26)57-36-37(52-53(40(36)56)35-33(47)31(45)30(44)32(46)34(35)48)50-27-17-20(13-15-23(27)41)49-39(55)29-24(42)8-7-9-25(29)43/h5-17,21,36H,4H2,1-3H3,(H,49,55)(H,50,52)(H,51,54). The van der Waals surface area contributed by atoms with Gasteiger partial charge in [-0.15, -0.1) is 11.8 Å². The average molecular weight is 943 g/mol. The molecule has 5 aromatic carbocycles. The van der Waals surface area contributed by atoms with Crippen LogP contribution >= 0.6 is 105 Å². The van der Waals surface area contributed by atoms with Gasteiger partial charge >= 0.3 is 0 Å². The quantitative estimate of drug-likeness (QED) is 0.0956. The van der Waals surface area contributed by atoms with E-state index in [2.05, 4.69) is 16.1 Å². The summed E-state index contributed by atoms with van der Waals surface area (Å²) in [5.74, 6) is -1.70. The Balaban J connectivity index is 1.39. The van der Waals surface area contributed by atoms with Crippen LogP contribution in [0.2, 0.25) is 40.2 Å². The van der Waals surface area contributed by atoms with Crippen LogP contribution in [-0.4, -0.2) is 28.8 Å². The van der Waals surface area contributed by atoms with Gasteiger partial charge in [0.2, 0.25) is 5.91 Å². The normalized spacial score (nSPS) is 15.1. The molecule has 1 saturated heterocycles. The number of nitrogens with zero attached hydrogens (tertiary/aromatic N) is 2. The summed E-state index contributed by atoms with van der Waals surface area (Å²) in [6.45, 7) is 5.94. The second-order valence-corrected chi connectivity index (χ2v) is 17.0. The molecule has 1 aliphatic heterocycles. The first-order valence-corrected chi connectivity index (χ1v) is 20.9. The van der Waals surface area contributed by atoms with Crippen LogP contribution < -0.4 is 21.1 Å². The number of amidine groups is 1. The number of carbonyl (C=O) groups is 3. The third-order valence-electron chi connectivity index (χ3n) is 8.88. The summed E-state index contributed by atoms with van der Waals surface area (Å²) in [5.41, 5.74) is 6.98. The largest absolute Gasteiger partial charge is 0.325 e. The summed E-state index contributed by atoms with van der Waals surface area (Å²) >= 11 is 52.6. The molecular formula is C40H29Cl8N5O3S. The van der Waals surface area contributed by atoms with Crippen LogP contribution in [0.5, 0.6) is 0 Å². The molecule has 1 aliphatic rings. The summed E-state index contributed by atoms with van der Waals surface area (Å²) in [5, 5.41) is 5.67. The second-order valence-electron chi connectivity index (χ2n) is 12.7. The number of hydrogen-bond acceptors (Lipinski definition) is 5. The van der Waals surface area contributed by atoms with Crippen LogP contribution in [0.4, 0.5) is 22.7 Å². The number of hydrazine groups is 1. The van der Waals surface area contributed by atoms with Crippen LogP contribution in [0.3, 0.4) is 0 Å². The van der Waals surface area contributed by atoms with Gasteiger partial charge in [0.25, 0.3) is 11.8 Å². The Hall–Kier alpha value is -3.35. The number of para-hydroxylation sites is 1. The highest BCUT2D eigenvalue weighted by atomic mass is 35.5. The number of aryl methyl sites for hydroxylation is 2. The Labute approximate surface area is 373 Å². The van der Waals surface area contributed by atoms with Gasteiger partial charge in [0.05, 0.1) is 63.0 Å². The SMILES string of the molecule is CCC(C(=O)Nc1ccccc1SC1C(=O)N(c2c(Cl)c(Cl)c(Cl)c(Cl)c2Cl)NC1=Nc1cc(NC(=O)c2c(Cl)cccc2Cl)ccc1Cl)c1ccc(C)cc1C. The number of benzene rings is 5. The Kier molecular flexibility index (Phi) is 13.9. The zero-order chi connectivity index (χ0) is 41.3. The fraction of sp³-hybridized carbons (Fsp3) is 0.150. The third kappa shape index (κ3) is 9.13. The van der Waals surface area contributed by atoms with Crippen molar-refractivity contribution in [3.05, 3.63) is 141 Å². The van der Waals surface area contributed by atoms with Crippen LogP contribution in [0.25, 0.3) is 0 Å². The molecule has 0 saturated carbocycles. The topological polar surface area (TPSA) is 103 Å². The van der Waals surface area contributed by atoms with E-state index in [4.69, 9.17) is 97.8 Å². The molecule has 0 radical (unpaired) electrons. The van der Waals surface area contributed by atoms with Crippen LogP contribution in [0.15, 0.2) is 88.8 Å². The van der Waals surface area contributed by atoms with Gasteiger partial charge in [-0.05, 0) is 73.9 Å². The second kappa shape index (κ2) is 18.3. The molecule has 5 aromatic rings. The van der Waals surface area contributed by atoms with Gasteiger partial charge in [-0.1, -0.05) is 142 Å². The fourth-order valence-corrected chi connectivity index (χ4v) is 9.21. The van der Waals surface area contributed by atoms with Gasteiger partial charge in [-0.2, -0.15) is 0 Å². The van der Waals surface area contributed by atoms with Gasteiger partial charge in [-0.3, -0.25) is 19.8 Å². The Morgan fingerprint density at radius 3 is 2.09 bits per heavy atom. The molecule has 57 heavy (non-hydrogen) atoms. The maximum Gasteiger partial charge on any atom is 0.267 e. The van der Waals surface area contributed by atoms with Crippen molar-refractivity contribution in [2.24, 2.45) is 4.99 Å². The van der Waals surface area contributed by atoms with Crippen molar-refractivity contribution in [2.45, 2.75) is 43.3 Å². The molecule has 0 aromatic heterocycles. The first-order valence-electron chi connectivity index (χ1n) is 17.0. The van der Waals surface area contributed by atoms with Crippen molar-refractivity contribution in [1.29, 1.82) is 0 Å². The van der Waals surface area contributed by atoms with E-state index in [0.29, 0.717) is 22.7 Å². The third-order valence-corrected chi connectivity index (χ3v) is 13.4. The minimum absolute atomic E-state index is 0.0666. The number of carbonyl (C=O) groups excluding carboxylic acids is 3. The lowest BCUT2D eigenvalue weighted by atomic mass is 9.91. The molecule has 1 fully saturated rings. The number of anilines is 3. The summed E-state index contributed by atoms with van der Waals surface area (Å²) in [4.78, 5) is 46.9.